The van der Waals surface area contributed by atoms with E-state index in [1.54, 1.807) is 0 Å². The van der Waals surface area contributed by atoms with E-state index in [0.717, 1.165) is 38.5 Å². The first-order valence-electron chi connectivity index (χ1n) is 7.03. The van der Waals surface area contributed by atoms with Crippen LogP contribution in [-0.4, -0.2) is 9.55 Å². The van der Waals surface area contributed by atoms with Gasteiger partial charge in [0.1, 0.15) is 5.15 Å². The minimum atomic E-state index is -0.370. The van der Waals surface area contributed by atoms with E-state index in [0.29, 0.717) is 12.1 Å². The van der Waals surface area contributed by atoms with E-state index >= 15 is 0 Å². The van der Waals surface area contributed by atoms with E-state index in [1.165, 1.54) is 4.57 Å². The van der Waals surface area contributed by atoms with Crippen LogP contribution in [0, 0.1) is 5.41 Å². The van der Waals surface area contributed by atoms with Gasteiger partial charge in [0, 0.05) is 6.54 Å². The van der Waals surface area contributed by atoms with Crippen LogP contribution in [0.5, 0.6) is 0 Å². The van der Waals surface area contributed by atoms with Crippen LogP contribution in [0.4, 0.5) is 0 Å². The molecule has 0 radical (unpaired) electrons. The van der Waals surface area contributed by atoms with Crippen molar-refractivity contribution in [2.24, 2.45) is 5.41 Å². The van der Waals surface area contributed by atoms with Gasteiger partial charge >= 0.3 is 5.69 Å². The molecule has 0 saturated heterocycles. The summed E-state index contributed by atoms with van der Waals surface area (Å²) >= 11 is 6.10. The molecule has 0 unspecified atom stereocenters. The maximum atomic E-state index is 12.6. The van der Waals surface area contributed by atoms with Crippen LogP contribution < -0.4 is 11.2 Å². The first kappa shape index (κ1) is 13.0. The highest BCUT2D eigenvalue weighted by Crippen LogP contribution is 2.46. The Labute approximate surface area is 116 Å². The van der Waals surface area contributed by atoms with Gasteiger partial charge in [0.25, 0.3) is 5.56 Å². The molecule has 1 aromatic rings. The third kappa shape index (κ3) is 2.38. The zero-order chi connectivity index (χ0) is 13.6. The fourth-order valence-electron chi connectivity index (χ4n) is 3.03. The summed E-state index contributed by atoms with van der Waals surface area (Å²) in [4.78, 5) is 27.2. The summed E-state index contributed by atoms with van der Waals surface area (Å²) in [6.45, 7) is 2.63. The third-order valence-corrected chi connectivity index (χ3v) is 4.88. The SMILES string of the molecule is CC1(Cn2c(=O)[nH]c(Cl)c(C3CCCC3)c2=O)CC1. The number of rotatable bonds is 3. The van der Waals surface area contributed by atoms with Gasteiger partial charge in [0.15, 0.2) is 0 Å². The number of nitrogens with zero attached hydrogens (tertiary/aromatic N) is 1. The van der Waals surface area contributed by atoms with Gasteiger partial charge < -0.3 is 0 Å². The van der Waals surface area contributed by atoms with Gasteiger partial charge in [-0.3, -0.25) is 14.3 Å². The second-order valence-electron chi connectivity index (χ2n) is 6.34. The van der Waals surface area contributed by atoms with Crippen molar-refractivity contribution in [1.29, 1.82) is 0 Å². The zero-order valence-electron chi connectivity index (χ0n) is 11.2. The topological polar surface area (TPSA) is 54.9 Å². The van der Waals surface area contributed by atoms with Crippen molar-refractivity contribution in [3.63, 3.8) is 0 Å². The first-order chi connectivity index (χ1) is 9.00. The Morgan fingerprint density at radius 3 is 2.53 bits per heavy atom. The van der Waals surface area contributed by atoms with E-state index in [4.69, 9.17) is 11.6 Å². The van der Waals surface area contributed by atoms with E-state index in [2.05, 4.69) is 11.9 Å². The van der Waals surface area contributed by atoms with Crippen molar-refractivity contribution in [2.45, 2.75) is 57.9 Å². The molecular weight excluding hydrogens is 264 g/mol. The molecule has 1 N–H and O–H groups in total. The van der Waals surface area contributed by atoms with Gasteiger partial charge in [-0.2, -0.15) is 0 Å². The molecule has 3 rings (SSSR count). The van der Waals surface area contributed by atoms with Crippen molar-refractivity contribution in [3.8, 4) is 0 Å². The van der Waals surface area contributed by atoms with Crippen LogP contribution in [0.15, 0.2) is 9.59 Å². The summed E-state index contributed by atoms with van der Waals surface area (Å²) < 4.78 is 1.35. The van der Waals surface area contributed by atoms with Crippen molar-refractivity contribution in [1.82, 2.24) is 9.55 Å². The standard InChI is InChI=1S/C14H19ClN2O2/c1-14(6-7-14)8-17-12(18)10(9-4-2-3-5-9)11(15)16-13(17)19/h9H,2-8H2,1H3,(H,16,19). The third-order valence-electron chi connectivity index (χ3n) is 4.58. The van der Waals surface area contributed by atoms with Gasteiger partial charge in [0.05, 0.1) is 5.56 Å². The van der Waals surface area contributed by atoms with Gasteiger partial charge in [0.2, 0.25) is 0 Å². The highest BCUT2D eigenvalue weighted by molar-refractivity contribution is 6.30. The summed E-state index contributed by atoms with van der Waals surface area (Å²) in [5, 5.41) is 0.249. The average Bonchev–Trinajstić information content (AvgIpc) is 2.86. The normalized spacial score (nSPS) is 21.8. The highest BCUT2D eigenvalue weighted by Gasteiger charge is 2.39. The van der Waals surface area contributed by atoms with Crippen molar-refractivity contribution in [3.05, 3.63) is 31.6 Å². The van der Waals surface area contributed by atoms with Crippen LogP contribution in [-0.2, 0) is 6.54 Å². The molecule has 5 heteroatoms. The quantitative estimate of drug-likeness (QED) is 0.867. The van der Waals surface area contributed by atoms with Gasteiger partial charge in [-0.1, -0.05) is 31.4 Å². The van der Waals surface area contributed by atoms with Crippen LogP contribution in [0.2, 0.25) is 5.15 Å². The Morgan fingerprint density at radius 1 is 1.32 bits per heavy atom. The fourth-order valence-corrected chi connectivity index (χ4v) is 3.34. The van der Waals surface area contributed by atoms with Crippen molar-refractivity contribution < 1.29 is 0 Å². The number of nitrogens with one attached hydrogen (secondary N) is 1. The van der Waals surface area contributed by atoms with Crippen molar-refractivity contribution >= 4 is 11.6 Å². The monoisotopic (exact) mass is 282 g/mol. The largest absolute Gasteiger partial charge is 0.329 e. The minimum Gasteiger partial charge on any atom is -0.297 e. The highest BCUT2D eigenvalue weighted by atomic mass is 35.5. The zero-order valence-corrected chi connectivity index (χ0v) is 11.9. The molecule has 0 atom stereocenters. The molecule has 1 heterocycles. The van der Waals surface area contributed by atoms with Crippen LogP contribution in [0.25, 0.3) is 0 Å². The lowest BCUT2D eigenvalue weighted by molar-refractivity contribution is 0.436. The number of H-pyrrole nitrogens is 1. The maximum absolute atomic E-state index is 12.6. The molecule has 0 amide bonds. The predicted molar refractivity (Wildman–Crippen MR) is 74.9 cm³/mol. The molecule has 2 fully saturated rings. The van der Waals surface area contributed by atoms with E-state index < -0.39 is 0 Å². The molecule has 2 aliphatic rings. The van der Waals surface area contributed by atoms with Crippen LogP contribution >= 0.6 is 11.6 Å². The van der Waals surface area contributed by atoms with Crippen LogP contribution in [0.3, 0.4) is 0 Å². The molecule has 0 aliphatic heterocycles. The predicted octanol–water partition coefficient (Wildman–Crippen LogP) is 2.65. The Hall–Kier alpha value is -1.03. The molecule has 0 spiro atoms. The summed E-state index contributed by atoms with van der Waals surface area (Å²) in [6.07, 6.45) is 6.44. The number of hydrogen-bond acceptors (Lipinski definition) is 2. The summed E-state index contributed by atoms with van der Waals surface area (Å²) in [5.41, 5.74) is 0.207. The smallest absolute Gasteiger partial charge is 0.297 e. The van der Waals surface area contributed by atoms with E-state index in [9.17, 15) is 9.59 Å². The Morgan fingerprint density at radius 2 is 1.95 bits per heavy atom. The summed E-state index contributed by atoms with van der Waals surface area (Å²) in [6, 6.07) is 0. The number of aromatic nitrogens is 2. The van der Waals surface area contributed by atoms with Crippen molar-refractivity contribution in [2.75, 3.05) is 0 Å². The number of aromatic amines is 1. The molecular formula is C14H19ClN2O2. The van der Waals surface area contributed by atoms with Gasteiger partial charge in [-0.05, 0) is 37.0 Å². The molecule has 2 saturated carbocycles. The average molecular weight is 283 g/mol. The minimum absolute atomic E-state index is 0.123. The second-order valence-corrected chi connectivity index (χ2v) is 6.72. The molecule has 2 aliphatic carbocycles. The Bertz CT molecular complexity index is 607. The Balaban J connectivity index is 2.06. The lowest BCUT2D eigenvalue weighted by Crippen LogP contribution is -2.39. The fraction of sp³-hybridized carbons (Fsp3) is 0.714. The molecule has 104 valence electrons. The number of halogens is 1. The van der Waals surface area contributed by atoms with E-state index in [-0.39, 0.29) is 27.7 Å². The van der Waals surface area contributed by atoms with Gasteiger partial charge in [-0.25, -0.2) is 4.79 Å². The first-order valence-corrected chi connectivity index (χ1v) is 7.40. The molecule has 4 nitrogen and oxygen atoms in total. The lowest BCUT2D eigenvalue weighted by Gasteiger charge is -2.15. The van der Waals surface area contributed by atoms with Crippen LogP contribution in [0.1, 0.15) is 56.9 Å². The summed E-state index contributed by atoms with van der Waals surface area (Å²) in [5.74, 6) is 0.218. The maximum Gasteiger partial charge on any atom is 0.329 e. The molecule has 19 heavy (non-hydrogen) atoms. The second kappa shape index (κ2) is 4.51. The van der Waals surface area contributed by atoms with E-state index in [1.807, 2.05) is 0 Å². The lowest BCUT2D eigenvalue weighted by atomic mass is 10.0. The molecule has 1 aromatic heterocycles. The molecule has 0 aromatic carbocycles. The number of hydrogen-bond donors (Lipinski definition) is 1. The molecule has 0 bridgehead atoms. The Kier molecular flexibility index (Phi) is 3.08. The van der Waals surface area contributed by atoms with Gasteiger partial charge in [-0.15, -0.1) is 0 Å². The summed E-state index contributed by atoms with van der Waals surface area (Å²) in [7, 11) is 0.